The van der Waals surface area contributed by atoms with Crippen LogP contribution in [-0.4, -0.2) is 16.9 Å². The van der Waals surface area contributed by atoms with Gasteiger partial charge in [0, 0.05) is 23.8 Å². The number of carbonyl (C=O) groups is 1. The summed E-state index contributed by atoms with van der Waals surface area (Å²) in [7, 11) is 0. The van der Waals surface area contributed by atoms with E-state index in [2.05, 4.69) is 24.1 Å². The van der Waals surface area contributed by atoms with E-state index in [1.807, 2.05) is 13.0 Å². The quantitative estimate of drug-likeness (QED) is 0.886. The molecule has 2 aromatic rings. The molecular formula is C15H21N3OS. The summed E-state index contributed by atoms with van der Waals surface area (Å²) in [5.41, 5.74) is 6.62. The van der Waals surface area contributed by atoms with Crippen LogP contribution < -0.4 is 11.1 Å². The molecule has 1 amide bonds. The maximum absolute atomic E-state index is 12.3. The highest BCUT2D eigenvalue weighted by Crippen LogP contribution is 2.32. The van der Waals surface area contributed by atoms with E-state index in [0.29, 0.717) is 16.5 Å². The number of fused-ring (bicyclic) bond motifs is 1. The molecule has 2 rings (SSSR count). The lowest BCUT2D eigenvalue weighted by atomic mass is 10.0. The number of nitrogens with two attached hydrogens (primary N) is 1. The van der Waals surface area contributed by atoms with E-state index in [1.54, 1.807) is 12.4 Å². The minimum atomic E-state index is -0.0834. The fraction of sp³-hybridized carbons (Fsp3) is 0.467. The van der Waals surface area contributed by atoms with Crippen LogP contribution in [0.2, 0.25) is 0 Å². The van der Waals surface area contributed by atoms with E-state index in [0.717, 1.165) is 22.9 Å². The Kier molecular flexibility index (Phi) is 4.60. The molecule has 0 spiro atoms. The van der Waals surface area contributed by atoms with Crippen molar-refractivity contribution in [2.24, 2.45) is 5.92 Å². The lowest BCUT2D eigenvalue weighted by Gasteiger charge is -2.14. The molecule has 0 aromatic carbocycles. The van der Waals surface area contributed by atoms with Crippen molar-refractivity contribution >= 4 is 33.0 Å². The van der Waals surface area contributed by atoms with Crippen molar-refractivity contribution in [2.75, 3.05) is 5.73 Å². The van der Waals surface area contributed by atoms with Gasteiger partial charge < -0.3 is 11.1 Å². The first-order valence-corrected chi connectivity index (χ1v) is 7.73. The van der Waals surface area contributed by atoms with Crippen LogP contribution in [0.1, 0.15) is 43.3 Å². The molecule has 3 N–H and O–H groups in total. The zero-order valence-corrected chi connectivity index (χ0v) is 13.0. The molecule has 5 heteroatoms. The summed E-state index contributed by atoms with van der Waals surface area (Å²) >= 11 is 1.40. The number of nitrogen functional groups attached to an aromatic ring is 1. The van der Waals surface area contributed by atoms with Crippen LogP contribution in [0.15, 0.2) is 18.5 Å². The van der Waals surface area contributed by atoms with Crippen molar-refractivity contribution in [3.63, 3.8) is 0 Å². The molecule has 4 nitrogen and oxygen atoms in total. The van der Waals surface area contributed by atoms with E-state index in [9.17, 15) is 4.79 Å². The zero-order chi connectivity index (χ0) is 14.7. The monoisotopic (exact) mass is 291 g/mol. The fourth-order valence-corrected chi connectivity index (χ4v) is 3.08. The Balaban J connectivity index is 2.09. The van der Waals surface area contributed by atoms with Crippen molar-refractivity contribution in [2.45, 2.75) is 39.7 Å². The van der Waals surface area contributed by atoms with Gasteiger partial charge in [-0.15, -0.1) is 11.3 Å². The molecule has 0 saturated heterocycles. The standard InChI is InChI=1S/C15H21N3OS/c1-9(2)4-5-10(3)18-15(19)14-13(16)11-6-7-17-8-12(11)20-14/h6-10H,4-5,16H2,1-3H3,(H,18,19). The van der Waals surface area contributed by atoms with Gasteiger partial charge in [0.15, 0.2) is 0 Å². The minimum absolute atomic E-state index is 0.0834. The third-order valence-corrected chi connectivity index (χ3v) is 4.45. The molecule has 2 heterocycles. The van der Waals surface area contributed by atoms with Crippen LogP contribution in [0.4, 0.5) is 5.69 Å². The molecule has 2 aromatic heterocycles. The van der Waals surface area contributed by atoms with E-state index in [4.69, 9.17) is 5.73 Å². The molecule has 0 saturated carbocycles. The highest BCUT2D eigenvalue weighted by molar-refractivity contribution is 7.21. The summed E-state index contributed by atoms with van der Waals surface area (Å²) < 4.78 is 0.949. The van der Waals surface area contributed by atoms with Crippen molar-refractivity contribution in [1.82, 2.24) is 10.3 Å². The Hall–Kier alpha value is -1.62. The van der Waals surface area contributed by atoms with Crippen LogP contribution in [0.3, 0.4) is 0 Å². The van der Waals surface area contributed by atoms with Crippen LogP contribution >= 0.6 is 11.3 Å². The van der Waals surface area contributed by atoms with Crippen molar-refractivity contribution in [3.8, 4) is 0 Å². The van der Waals surface area contributed by atoms with Gasteiger partial charge in [-0.05, 0) is 31.7 Å². The predicted molar refractivity (Wildman–Crippen MR) is 85.0 cm³/mol. The molecule has 108 valence electrons. The number of amides is 1. The van der Waals surface area contributed by atoms with Crippen molar-refractivity contribution in [1.29, 1.82) is 0 Å². The van der Waals surface area contributed by atoms with Gasteiger partial charge in [-0.3, -0.25) is 9.78 Å². The number of pyridine rings is 1. The lowest BCUT2D eigenvalue weighted by molar-refractivity contribution is 0.0942. The summed E-state index contributed by atoms with van der Waals surface area (Å²) in [6, 6.07) is 2.01. The van der Waals surface area contributed by atoms with E-state index >= 15 is 0 Å². The topological polar surface area (TPSA) is 68.0 Å². The number of hydrogen-bond donors (Lipinski definition) is 2. The van der Waals surface area contributed by atoms with Crippen LogP contribution in [-0.2, 0) is 0 Å². The largest absolute Gasteiger partial charge is 0.397 e. The number of nitrogens with zero attached hydrogens (tertiary/aromatic N) is 1. The van der Waals surface area contributed by atoms with Crippen molar-refractivity contribution in [3.05, 3.63) is 23.3 Å². The normalized spacial score (nSPS) is 12.8. The van der Waals surface area contributed by atoms with Crippen LogP contribution in [0.25, 0.3) is 10.1 Å². The van der Waals surface area contributed by atoms with Crippen LogP contribution in [0.5, 0.6) is 0 Å². The molecular weight excluding hydrogens is 270 g/mol. The van der Waals surface area contributed by atoms with Crippen LogP contribution in [0, 0.1) is 5.92 Å². The summed E-state index contributed by atoms with van der Waals surface area (Å²) in [5, 5.41) is 3.93. The number of aromatic nitrogens is 1. The molecule has 0 aliphatic heterocycles. The Labute approximate surface area is 123 Å². The second-order valence-corrected chi connectivity index (χ2v) is 6.61. The zero-order valence-electron chi connectivity index (χ0n) is 12.1. The van der Waals surface area contributed by atoms with E-state index < -0.39 is 0 Å². The predicted octanol–water partition coefficient (Wildman–Crippen LogP) is 3.43. The van der Waals surface area contributed by atoms with Gasteiger partial charge in [0.05, 0.1) is 10.4 Å². The smallest absolute Gasteiger partial charge is 0.263 e. The maximum atomic E-state index is 12.3. The highest BCUT2D eigenvalue weighted by atomic mass is 32.1. The molecule has 1 atom stereocenters. The Bertz CT molecular complexity index is 606. The first-order valence-electron chi connectivity index (χ1n) is 6.92. The average Bonchev–Trinajstić information content (AvgIpc) is 2.74. The number of thiophene rings is 1. The number of rotatable bonds is 5. The van der Waals surface area contributed by atoms with Gasteiger partial charge in [-0.2, -0.15) is 0 Å². The number of nitrogens with one attached hydrogen (secondary N) is 1. The molecule has 1 unspecified atom stereocenters. The summed E-state index contributed by atoms with van der Waals surface area (Å²) in [6.07, 6.45) is 5.52. The highest BCUT2D eigenvalue weighted by Gasteiger charge is 2.17. The van der Waals surface area contributed by atoms with E-state index in [-0.39, 0.29) is 11.9 Å². The maximum Gasteiger partial charge on any atom is 0.263 e. The van der Waals surface area contributed by atoms with Gasteiger partial charge in [0.25, 0.3) is 5.91 Å². The Morgan fingerprint density at radius 2 is 2.15 bits per heavy atom. The summed E-state index contributed by atoms with van der Waals surface area (Å²) in [4.78, 5) is 16.9. The van der Waals surface area contributed by atoms with Gasteiger partial charge in [-0.1, -0.05) is 13.8 Å². The minimum Gasteiger partial charge on any atom is -0.397 e. The van der Waals surface area contributed by atoms with Crippen molar-refractivity contribution < 1.29 is 4.79 Å². The Morgan fingerprint density at radius 1 is 1.40 bits per heavy atom. The van der Waals surface area contributed by atoms with Gasteiger partial charge in [0.2, 0.25) is 0 Å². The number of carbonyl (C=O) groups excluding carboxylic acids is 1. The Morgan fingerprint density at radius 3 is 2.80 bits per heavy atom. The molecule has 0 aliphatic carbocycles. The first-order chi connectivity index (χ1) is 9.49. The second kappa shape index (κ2) is 6.22. The molecule has 0 bridgehead atoms. The molecule has 0 aliphatic rings. The number of hydrogen-bond acceptors (Lipinski definition) is 4. The third-order valence-electron chi connectivity index (χ3n) is 3.29. The van der Waals surface area contributed by atoms with E-state index in [1.165, 1.54) is 11.3 Å². The summed E-state index contributed by atoms with van der Waals surface area (Å²) in [6.45, 7) is 6.41. The second-order valence-electron chi connectivity index (χ2n) is 5.56. The molecule has 0 fully saturated rings. The van der Waals surface area contributed by atoms with Gasteiger partial charge in [-0.25, -0.2) is 0 Å². The lowest BCUT2D eigenvalue weighted by Crippen LogP contribution is -2.32. The first kappa shape index (κ1) is 14.8. The van der Waals surface area contributed by atoms with Gasteiger partial charge >= 0.3 is 0 Å². The average molecular weight is 291 g/mol. The summed E-state index contributed by atoms with van der Waals surface area (Å²) in [5.74, 6) is 0.565. The third kappa shape index (κ3) is 3.28. The number of anilines is 1. The molecule has 0 radical (unpaired) electrons. The molecule has 20 heavy (non-hydrogen) atoms. The fourth-order valence-electron chi connectivity index (χ4n) is 2.08. The SMILES string of the molecule is CC(C)CCC(C)NC(=O)c1sc2cnccc2c1N. The van der Waals surface area contributed by atoms with Gasteiger partial charge in [0.1, 0.15) is 4.88 Å².